The molecular formula is C24H39N3O8. The summed E-state index contributed by atoms with van der Waals surface area (Å²) in [6.07, 6.45) is 1.80. The third-order valence-electron chi connectivity index (χ3n) is 4.47. The largest absolute Gasteiger partial charge is 0.494 e. The highest BCUT2D eigenvalue weighted by Crippen LogP contribution is 2.13. The molecule has 0 atom stereocenters. The van der Waals surface area contributed by atoms with Gasteiger partial charge in [-0.25, -0.2) is 0 Å². The molecule has 0 amide bonds. The van der Waals surface area contributed by atoms with E-state index in [1.165, 1.54) is 0 Å². The first kappa shape index (κ1) is 30.8. The molecule has 0 fully saturated rings. The number of hydrogen-bond donors (Lipinski definition) is 0. The molecular weight excluding hydrogens is 458 g/mol. The highest BCUT2D eigenvalue weighted by molar-refractivity contribution is 5.94. The van der Waals surface area contributed by atoms with Gasteiger partial charge in [0.2, 0.25) is 0 Å². The Balaban J connectivity index is 1.72. The van der Waals surface area contributed by atoms with Gasteiger partial charge in [-0.05, 0) is 49.6 Å². The van der Waals surface area contributed by atoms with Gasteiger partial charge < -0.3 is 33.2 Å². The summed E-state index contributed by atoms with van der Waals surface area (Å²) in [4.78, 5) is 13.9. The first-order chi connectivity index (χ1) is 17.2. The number of carbonyl (C=O) groups is 1. The molecule has 0 saturated carbocycles. The van der Waals surface area contributed by atoms with Gasteiger partial charge in [-0.2, -0.15) is 0 Å². The maximum Gasteiger partial charge on any atom is 0.159 e. The molecule has 0 unspecified atom stereocenters. The molecule has 0 aliphatic heterocycles. The second-order valence-electron chi connectivity index (χ2n) is 7.26. The quantitative estimate of drug-likeness (QED) is 0.0660. The van der Waals surface area contributed by atoms with Crippen molar-refractivity contribution in [3.05, 3.63) is 40.3 Å². The topological polar surface area (TPSA) is 130 Å². The number of unbranched alkanes of at least 4 members (excludes halogenated alkanes) is 1. The average molecular weight is 498 g/mol. The first-order valence-electron chi connectivity index (χ1n) is 11.9. The Morgan fingerprint density at radius 2 is 1.11 bits per heavy atom. The molecule has 1 aromatic carbocycles. The van der Waals surface area contributed by atoms with Gasteiger partial charge in [0.05, 0.1) is 79.3 Å². The summed E-state index contributed by atoms with van der Waals surface area (Å²) in [7, 11) is 0. The number of ketones is 1. The van der Waals surface area contributed by atoms with Crippen molar-refractivity contribution in [2.24, 2.45) is 5.11 Å². The Hall–Kier alpha value is -2.24. The van der Waals surface area contributed by atoms with E-state index in [1.54, 1.807) is 19.1 Å². The summed E-state index contributed by atoms with van der Waals surface area (Å²) in [5, 5.41) is 3.37. The maximum absolute atomic E-state index is 11.2. The Morgan fingerprint density at radius 3 is 1.57 bits per heavy atom. The van der Waals surface area contributed by atoms with E-state index in [0.29, 0.717) is 98.0 Å². The normalized spacial score (nSPS) is 10.8. The highest BCUT2D eigenvalue weighted by Gasteiger charge is 2.00. The molecule has 0 bridgehead atoms. The Bertz CT molecular complexity index is 684. The van der Waals surface area contributed by atoms with Crippen LogP contribution in [0.2, 0.25) is 0 Å². The van der Waals surface area contributed by atoms with E-state index < -0.39 is 0 Å². The number of benzene rings is 1. The minimum Gasteiger partial charge on any atom is -0.494 e. The van der Waals surface area contributed by atoms with Crippen molar-refractivity contribution in [3.63, 3.8) is 0 Å². The minimum absolute atomic E-state index is 0.0501. The van der Waals surface area contributed by atoms with Gasteiger partial charge in [0.1, 0.15) is 5.75 Å². The van der Waals surface area contributed by atoms with Crippen LogP contribution in [0.1, 0.15) is 30.1 Å². The zero-order valence-corrected chi connectivity index (χ0v) is 20.7. The molecule has 0 heterocycles. The number of ether oxygens (including phenoxy) is 7. The van der Waals surface area contributed by atoms with Gasteiger partial charge in [-0.1, -0.05) is 5.11 Å². The predicted octanol–water partition coefficient (Wildman–Crippen LogP) is 3.46. The monoisotopic (exact) mass is 497 g/mol. The zero-order chi connectivity index (χ0) is 25.2. The average Bonchev–Trinajstić information content (AvgIpc) is 2.87. The molecule has 0 N–H and O–H groups in total. The maximum atomic E-state index is 11.2. The SMILES string of the molecule is CC(=O)c1ccc(OCCCCOCCOCCOCCOCCOCCOCCN=[N+]=[N-])cc1. The fourth-order valence-electron chi connectivity index (χ4n) is 2.63. The van der Waals surface area contributed by atoms with Gasteiger partial charge in [-0.3, -0.25) is 4.79 Å². The molecule has 35 heavy (non-hydrogen) atoms. The van der Waals surface area contributed by atoms with Crippen LogP contribution in [0.25, 0.3) is 10.4 Å². The summed E-state index contributed by atoms with van der Waals surface area (Å²) < 4.78 is 38.1. The van der Waals surface area contributed by atoms with Crippen molar-refractivity contribution in [1.29, 1.82) is 0 Å². The van der Waals surface area contributed by atoms with E-state index in [2.05, 4.69) is 10.0 Å². The molecule has 11 nitrogen and oxygen atoms in total. The van der Waals surface area contributed by atoms with Crippen molar-refractivity contribution in [2.45, 2.75) is 19.8 Å². The van der Waals surface area contributed by atoms with E-state index in [4.69, 9.17) is 38.7 Å². The molecule has 1 rings (SSSR count). The lowest BCUT2D eigenvalue weighted by molar-refractivity contribution is -0.0165. The molecule has 0 aliphatic rings. The van der Waals surface area contributed by atoms with E-state index in [0.717, 1.165) is 18.6 Å². The molecule has 0 radical (unpaired) electrons. The van der Waals surface area contributed by atoms with Crippen LogP contribution in [0.15, 0.2) is 29.4 Å². The van der Waals surface area contributed by atoms with Crippen LogP contribution in [-0.4, -0.2) is 98.2 Å². The fraction of sp³-hybridized carbons (Fsp3) is 0.708. The van der Waals surface area contributed by atoms with Crippen LogP contribution in [0, 0.1) is 0 Å². The van der Waals surface area contributed by atoms with Gasteiger partial charge in [0.15, 0.2) is 5.78 Å². The summed E-state index contributed by atoms with van der Waals surface area (Å²) in [5.74, 6) is 0.819. The molecule has 1 aromatic rings. The van der Waals surface area contributed by atoms with Crippen molar-refractivity contribution < 1.29 is 38.0 Å². The third kappa shape index (κ3) is 19.7. The number of rotatable bonds is 25. The highest BCUT2D eigenvalue weighted by atomic mass is 16.6. The van der Waals surface area contributed by atoms with Crippen LogP contribution in [0.4, 0.5) is 0 Å². The van der Waals surface area contributed by atoms with Crippen molar-refractivity contribution in [2.75, 3.05) is 92.4 Å². The van der Waals surface area contributed by atoms with Crippen molar-refractivity contribution >= 4 is 5.78 Å². The van der Waals surface area contributed by atoms with Gasteiger partial charge >= 0.3 is 0 Å². The number of carbonyl (C=O) groups excluding carboxylic acids is 1. The smallest absolute Gasteiger partial charge is 0.159 e. The van der Waals surface area contributed by atoms with Gasteiger partial charge in [-0.15, -0.1) is 0 Å². The van der Waals surface area contributed by atoms with Crippen LogP contribution < -0.4 is 4.74 Å². The predicted molar refractivity (Wildman–Crippen MR) is 130 cm³/mol. The van der Waals surface area contributed by atoms with E-state index in [1.807, 2.05) is 12.1 Å². The van der Waals surface area contributed by atoms with Crippen LogP contribution in [0.5, 0.6) is 5.75 Å². The van der Waals surface area contributed by atoms with E-state index in [-0.39, 0.29) is 5.78 Å². The fourth-order valence-corrected chi connectivity index (χ4v) is 2.63. The number of hydrogen-bond acceptors (Lipinski definition) is 9. The summed E-state index contributed by atoms with van der Waals surface area (Å²) in [6, 6.07) is 7.18. The Labute approximate surface area is 207 Å². The summed E-state index contributed by atoms with van der Waals surface area (Å²) in [6.45, 7) is 8.60. The molecule has 198 valence electrons. The minimum atomic E-state index is 0.0501. The van der Waals surface area contributed by atoms with Crippen LogP contribution >= 0.6 is 0 Å². The molecule has 0 aromatic heterocycles. The standard InChI is InChI=1S/C24H39N3O8/c1-22(28)23-4-6-24(7-5-23)35-10-3-2-9-29-12-14-31-16-18-33-20-21-34-19-17-32-15-13-30-11-8-26-27-25/h4-7H,2-3,8-21H2,1H3. The van der Waals surface area contributed by atoms with Gasteiger partial charge in [0.25, 0.3) is 0 Å². The molecule has 0 saturated heterocycles. The lowest BCUT2D eigenvalue weighted by Gasteiger charge is -2.08. The molecule has 0 spiro atoms. The second kappa shape index (κ2) is 23.5. The van der Waals surface area contributed by atoms with Crippen LogP contribution in [0.3, 0.4) is 0 Å². The van der Waals surface area contributed by atoms with Crippen molar-refractivity contribution in [3.8, 4) is 5.75 Å². The number of Topliss-reactive ketones (excluding diaryl/α,β-unsaturated/α-hetero) is 1. The lowest BCUT2D eigenvalue weighted by atomic mass is 10.1. The van der Waals surface area contributed by atoms with E-state index in [9.17, 15) is 4.79 Å². The third-order valence-corrected chi connectivity index (χ3v) is 4.47. The van der Waals surface area contributed by atoms with Gasteiger partial charge in [0, 0.05) is 23.6 Å². The van der Waals surface area contributed by atoms with E-state index >= 15 is 0 Å². The Kier molecular flexibility index (Phi) is 20.7. The first-order valence-corrected chi connectivity index (χ1v) is 11.9. The zero-order valence-electron chi connectivity index (χ0n) is 20.7. The Morgan fingerprint density at radius 1 is 0.686 bits per heavy atom. The number of azide groups is 1. The lowest BCUT2D eigenvalue weighted by Crippen LogP contribution is -2.14. The van der Waals surface area contributed by atoms with Crippen molar-refractivity contribution in [1.82, 2.24) is 0 Å². The number of nitrogens with zero attached hydrogens (tertiary/aromatic N) is 3. The molecule has 11 heteroatoms. The summed E-state index contributed by atoms with van der Waals surface area (Å²) >= 11 is 0. The second-order valence-corrected chi connectivity index (χ2v) is 7.26. The summed E-state index contributed by atoms with van der Waals surface area (Å²) in [5.41, 5.74) is 8.80. The molecule has 0 aliphatic carbocycles. The van der Waals surface area contributed by atoms with Crippen LogP contribution in [-0.2, 0) is 28.4 Å².